The second-order valence-electron chi connectivity index (χ2n) is 2.85. The molecule has 0 heterocycles. The Morgan fingerprint density at radius 1 is 0.778 bits per heavy atom. The van der Waals surface area contributed by atoms with Crippen molar-refractivity contribution in [3.05, 3.63) is 22.8 Å². The van der Waals surface area contributed by atoms with E-state index in [1.165, 1.54) is 27.8 Å². The molecule has 0 aromatic rings. The van der Waals surface area contributed by atoms with E-state index in [1.54, 1.807) is 0 Å². The minimum absolute atomic E-state index is 1.49. The molecule has 9 heavy (non-hydrogen) atoms. The van der Waals surface area contributed by atoms with Crippen molar-refractivity contribution in [2.45, 2.75) is 20.8 Å². The average Bonchev–Trinajstić information content (AvgIpc) is 2.56. The predicted molar refractivity (Wildman–Crippen MR) is 39.6 cm³/mol. The van der Waals surface area contributed by atoms with Crippen LogP contribution < -0.4 is 0 Å². The SMILES string of the molecule is Cc1c2cc-2c(C)c1C. The van der Waals surface area contributed by atoms with Gasteiger partial charge >= 0.3 is 0 Å². The van der Waals surface area contributed by atoms with Gasteiger partial charge in [-0.05, 0) is 54.7 Å². The molecule has 0 saturated heterocycles. The number of fused-ring (bicyclic) bond motifs is 1. The zero-order valence-corrected chi connectivity index (χ0v) is 6.08. The van der Waals surface area contributed by atoms with E-state index in [9.17, 15) is 0 Å². The highest BCUT2D eigenvalue weighted by atomic mass is 14.3. The van der Waals surface area contributed by atoms with Crippen LogP contribution in [0, 0.1) is 20.8 Å². The van der Waals surface area contributed by atoms with Gasteiger partial charge < -0.3 is 0 Å². The van der Waals surface area contributed by atoms with Gasteiger partial charge in [0, 0.05) is 0 Å². The number of benzene rings is 1. The Kier molecular flexibility index (Phi) is 0.675. The third-order valence-corrected chi connectivity index (χ3v) is 2.43. The predicted octanol–water partition coefficient (Wildman–Crippen LogP) is 2.59. The minimum atomic E-state index is 1.49. The molecule has 0 nitrogen and oxygen atoms in total. The molecule has 0 heteroatoms. The molecule has 0 bridgehead atoms. The molecule has 2 aliphatic carbocycles. The molecule has 0 aromatic carbocycles. The maximum Gasteiger partial charge on any atom is -0.0143 e. The van der Waals surface area contributed by atoms with Crippen molar-refractivity contribution in [2.75, 3.05) is 0 Å². The van der Waals surface area contributed by atoms with Crippen LogP contribution in [0.15, 0.2) is 6.07 Å². The highest BCUT2D eigenvalue weighted by Crippen LogP contribution is 2.44. The number of hydrogen-bond acceptors (Lipinski definition) is 0. The van der Waals surface area contributed by atoms with Crippen LogP contribution in [0.4, 0.5) is 0 Å². The summed E-state index contributed by atoms with van der Waals surface area (Å²) in [7, 11) is 0. The third kappa shape index (κ3) is 0.437. The van der Waals surface area contributed by atoms with Crippen LogP contribution in [0.25, 0.3) is 11.1 Å². The van der Waals surface area contributed by atoms with Crippen molar-refractivity contribution in [3.63, 3.8) is 0 Å². The Hall–Kier alpha value is -0.780. The summed E-state index contributed by atoms with van der Waals surface area (Å²) in [5, 5.41) is 0. The summed E-state index contributed by atoms with van der Waals surface area (Å²) in [6.07, 6.45) is 0. The summed E-state index contributed by atoms with van der Waals surface area (Å²) < 4.78 is 0. The topological polar surface area (TPSA) is 0 Å². The van der Waals surface area contributed by atoms with Crippen LogP contribution in [0.3, 0.4) is 0 Å². The molecule has 2 rings (SSSR count). The van der Waals surface area contributed by atoms with Gasteiger partial charge in [-0.25, -0.2) is 0 Å². The van der Waals surface area contributed by atoms with Crippen molar-refractivity contribution in [1.29, 1.82) is 0 Å². The highest BCUT2D eigenvalue weighted by Gasteiger charge is 2.21. The lowest BCUT2D eigenvalue weighted by molar-refractivity contribution is 1.34. The molecule has 2 aliphatic rings. The summed E-state index contributed by atoms with van der Waals surface area (Å²) in [6, 6.07) is 2.26. The van der Waals surface area contributed by atoms with E-state index >= 15 is 0 Å². The fourth-order valence-electron chi connectivity index (χ4n) is 1.41. The molecule has 0 radical (unpaired) electrons. The monoisotopic (exact) mass is 118 g/mol. The first kappa shape index (κ1) is 5.04. The Labute approximate surface area is 55.5 Å². The van der Waals surface area contributed by atoms with E-state index in [4.69, 9.17) is 0 Å². The Morgan fingerprint density at radius 3 is 1.44 bits per heavy atom. The van der Waals surface area contributed by atoms with E-state index in [0.29, 0.717) is 0 Å². The molecular weight excluding hydrogens is 108 g/mol. The van der Waals surface area contributed by atoms with E-state index in [0.717, 1.165) is 0 Å². The van der Waals surface area contributed by atoms with E-state index in [1.807, 2.05) is 0 Å². The smallest absolute Gasteiger partial charge is 0.0143 e. The van der Waals surface area contributed by atoms with Crippen LogP contribution in [0.2, 0.25) is 0 Å². The van der Waals surface area contributed by atoms with Crippen molar-refractivity contribution in [3.8, 4) is 11.1 Å². The van der Waals surface area contributed by atoms with Gasteiger partial charge in [-0.3, -0.25) is 0 Å². The summed E-state index contributed by atoms with van der Waals surface area (Å²) in [4.78, 5) is 0. The first-order valence-corrected chi connectivity index (χ1v) is 3.33. The molecular formula is C9H10. The van der Waals surface area contributed by atoms with Gasteiger partial charge in [-0.2, -0.15) is 0 Å². The van der Waals surface area contributed by atoms with Gasteiger partial charge in [0.25, 0.3) is 0 Å². The van der Waals surface area contributed by atoms with E-state index in [-0.39, 0.29) is 0 Å². The van der Waals surface area contributed by atoms with Gasteiger partial charge in [0.2, 0.25) is 0 Å². The highest BCUT2D eigenvalue weighted by molar-refractivity contribution is 5.89. The molecule has 46 valence electrons. The van der Waals surface area contributed by atoms with Crippen LogP contribution >= 0.6 is 0 Å². The molecule has 0 unspecified atom stereocenters. The van der Waals surface area contributed by atoms with Crippen LogP contribution in [-0.2, 0) is 0 Å². The summed E-state index contributed by atoms with van der Waals surface area (Å²) in [5.74, 6) is 0. The summed E-state index contributed by atoms with van der Waals surface area (Å²) >= 11 is 0. The minimum Gasteiger partial charge on any atom is -0.0459 e. The quantitative estimate of drug-likeness (QED) is 0.498. The lowest BCUT2D eigenvalue weighted by atomic mass is 10.2. The Bertz CT molecular complexity index is 256. The molecule has 0 N–H and O–H groups in total. The Balaban J connectivity index is 2.76. The lowest BCUT2D eigenvalue weighted by Gasteiger charge is -1.90. The van der Waals surface area contributed by atoms with Crippen molar-refractivity contribution in [2.24, 2.45) is 0 Å². The van der Waals surface area contributed by atoms with Crippen LogP contribution in [0.5, 0.6) is 0 Å². The van der Waals surface area contributed by atoms with E-state index in [2.05, 4.69) is 26.8 Å². The third-order valence-electron chi connectivity index (χ3n) is 2.43. The lowest BCUT2D eigenvalue weighted by Crippen LogP contribution is -1.72. The van der Waals surface area contributed by atoms with Gasteiger partial charge in [0.05, 0.1) is 0 Å². The second kappa shape index (κ2) is 1.21. The van der Waals surface area contributed by atoms with Gasteiger partial charge in [0.1, 0.15) is 0 Å². The fraction of sp³-hybridized carbons (Fsp3) is 0.333. The van der Waals surface area contributed by atoms with Crippen molar-refractivity contribution < 1.29 is 0 Å². The van der Waals surface area contributed by atoms with Crippen LogP contribution in [0.1, 0.15) is 16.7 Å². The largest absolute Gasteiger partial charge is 0.0459 e. The maximum atomic E-state index is 2.26. The van der Waals surface area contributed by atoms with Crippen molar-refractivity contribution >= 4 is 0 Å². The first-order valence-electron chi connectivity index (χ1n) is 3.33. The summed E-state index contributed by atoms with van der Waals surface area (Å²) in [6.45, 7) is 6.60. The maximum absolute atomic E-state index is 2.26. The van der Waals surface area contributed by atoms with Crippen LogP contribution in [-0.4, -0.2) is 0 Å². The molecule has 0 amide bonds. The van der Waals surface area contributed by atoms with Gasteiger partial charge in [-0.15, -0.1) is 0 Å². The fourth-order valence-corrected chi connectivity index (χ4v) is 1.41. The van der Waals surface area contributed by atoms with Crippen molar-refractivity contribution in [1.82, 2.24) is 0 Å². The first-order chi connectivity index (χ1) is 4.22. The molecule has 0 spiro atoms. The normalized spacial score (nSPS) is 11.9. The molecule has 0 atom stereocenters. The molecule has 0 aromatic heterocycles. The average molecular weight is 118 g/mol. The van der Waals surface area contributed by atoms with Gasteiger partial charge in [-0.1, -0.05) is 0 Å². The number of hydrogen-bond donors (Lipinski definition) is 0. The molecule has 0 fully saturated rings. The van der Waals surface area contributed by atoms with E-state index < -0.39 is 0 Å². The molecule has 0 saturated carbocycles. The molecule has 0 aliphatic heterocycles. The zero-order valence-electron chi connectivity index (χ0n) is 6.08. The zero-order chi connectivity index (χ0) is 6.59. The Morgan fingerprint density at radius 2 is 1.22 bits per heavy atom. The summed E-state index contributed by atoms with van der Waals surface area (Å²) in [5.41, 5.74) is 7.47. The number of rotatable bonds is 0. The van der Waals surface area contributed by atoms with Gasteiger partial charge in [0.15, 0.2) is 0 Å². The second-order valence-corrected chi connectivity index (χ2v) is 2.85. The standard InChI is InChI=1S/C9H10/c1-5-6(2)8-4-9(8)7(5)3/h4H,1-3H3.